The summed E-state index contributed by atoms with van der Waals surface area (Å²) < 4.78 is 0. The molecule has 0 N–H and O–H groups in total. The van der Waals surface area contributed by atoms with Crippen LogP contribution < -0.4 is 0 Å². The van der Waals surface area contributed by atoms with Crippen LogP contribution in [0.5, 0.6) is 0 Å². The summed E-state index contributed by atoms with van der Waals surface area (Å²) in [5.74, 6) is 0.703. The molecule has 4 aliphatic rings. The van der Waals surface area contributed by atoms with E-state index in [1.807, 2.05) is 0 Å². The summed E-state index contributed by atoms with van der Waals surface area (Å²) in [4.78, 5) is 18.8. The third-order valence-corrected chi connectivity index (χ3v) is 9.78. The molecule has 0 aromatic heterocycles. The van der Waals surface area contributed by atoms with Crippen molar-refractivity contribution in [1.82, 2.24) is 9.80 Å². The van der Waals surface area contributed by atoms with Gasteiger partial charge in [-0.25, -0.2) is 0 Å². The van der Waals surface area contributed by atoms with Crippen molar-refractivity contribution >= 4 is 11.5 Å². The van der Waals surface area contributed by atoms with Crippen LogP contribution in [0, 0.1) is 5.92 Å². The molecule has 0 radical (unpaired) electrons. The van der Waals surface area contributed by atoms with Gasteiger partial charge in [-0.1, -0.05) is 67.4 Å². The molecule has 3 aliphatic carbocycles. The van der Waals surface area contributed by atoms with Crippen LogP contribution in [0.25, 0.3) is 5.57 Å². The molecule has 2 aromatic rings. The molecule has 178 valence electrons. The summed E-state index contributed by atoms with van der Waals surface area (Å²) in [7, 11) is 4.48. The van der Waals surface area contributed by atoms with E-state index in [0.717, 1.165) is 57.9 Å². The maximum absolute atomic E-state index is 14.0. The van der Waals surface area contributed by atoms with Crippen molar-refractivity contribution in [3.8, 4) is 0 Å². The lowest BCUT2D eigenvalue weighted by atomic mass is 9.63. The topological polar surface area (TPSA) is 23.6 Å². The summed E-state index contributed by atoms with van der Waals surface area (Å²) in [6.07, 6.45) is 11.0. The van der Waals surface area contributed by atoms with E-state index in [1.165, 1.54) is 29.5 Å². The van der Waals surface area contributed by atoms with E-state index in [0.29, 0.717) is 5.91 Å². The molecule has 6 rings (SSSR count). The maximum Gasteiger partial charge on any atom is 0.226 e. The van der Waals surface area contributed by atoms with E-state index < -0.39 is 0 Å². The van der Waals surface area contributed by atoms with Gasteiger partial charge in [0.25, 0.3) is 0 Å². The fraction of sp³-hybridized carbons (Fsp3) is 0.516. The molecule has 1 spiro atoms. The van der Waals surface area contributed by atoms with Crippen molar-refractivity contribution in [1.29, 1.82) is 0 Å². The second-order valence-electron chi connectivity index (χ2n) is 11.3. The Bertz CT molecular complexity index is 1100. The highest BCUT2D eigenvalue weighted by atomic mass is 16.2. The third kappa shape index (κ3) is 3.23. The van der Waals surface area contributed by atoms with Gasteiger partial charge in [0.1, 0.15) is 0 Å². The summed E-state index contributed by atoms with van der Waals surface area (Å²) in [6.45, 7) is 0.892. The summed E-state index contributed by atoms with van der Waals surface area (Å²) >= 11 is 0. The van der Waals surface area contributed by atoms with E-state index in [-0.39, 0.29) is 17.0 Å². The van der Waals surface area contributed by atoms with E-state index in [2.05, 4.69) is 78.5 Å². The Morgan fingerprint density at radius 2 is 1.59 bits per heavy atom. The molecule has 0 unspecified atom stereocenters. The van der Waals surface area contributed by atoms with Gasteiger partial charge in [-0.15, -0.1) is 0 Å². The number of rotatable bonds is 3. The van der Waals surface area contributed by atoms with Crippen molar-refractivity contribution in [2.75, 3.05) is 20.6 Å². The van der Waals surface area contributed by atoms with Crippen LogP contribution in [0.2, 0.25) is 0 Å². The monoisotopic (exact) mass is 454 g/mol. The molecular formula is C31H38N2O. The first kappa shape index (κ1) is 22.1. The number of fused-ring (bicyclic) bond motifs is 3. The van der Waals surface area contributed by atoms with Crippen LogP contribution in [-0.4, -0.2) is 41.9 Å². The SMILES string of the molecule is CN(C)C1(c2ccccc2)CCC2(CC1)C1=C(CCN2C(=O)C2CCCC2)c2ccccc2C1. The van der Waals surface area contributed by atoms with Gasteiger partial charge in [0.2, 0.25) is 5.91 Å². The van der Waals surface area contributed by atoms with Crippen molar-refractivity contribution in [3.05, 3.63) is 76.9 Å². The Morgan fingerprint density at radius 1 is 0.912 bits per heavy atom. The molecule has 0 atom stereocenters. The first-order valence-electron chi connectivity index (χ1n) is 13.4. The molecule has 3 nitrogen and oxygen atoms in total. The lowest BCUT2D eigenvalue weighted by molar-refractivity contribution is -0.143. The standard InChI is InChI=1S/C31H38N2O/c1-32(2)30(25-13-4-3-5-14-25)17-19-31(20-18-30)28-22-24-12-8-9-15-26(24)27(28)16-21-33(31)29(34)23-10-6-7-11-23/h3-5,8-9,12-15,23H,6-7,10-11,16-22H2,1-2H3. The van der Waals surface area contributed by atoms with E-state index in [1.54, 1.807) is 11.1 Å². The molecular weight excluding hydrogens is 416 g/mol. The average Bonchev–Trinajstić information content (AvgIpc) is 3.54. The van der Waals surface area contributed by atoms with Crippen molar-refractivity contribution < 1.29 is 4.79 Å². The largest absolute Gasteiger partial charge is 0.333 e. The second-order valence-corrected chi connectivity index (χ2v) is 11.3. The number of nitrogens with zero attached hydrogens (tertiary/aromatic N) is 2. The molecule has 1 amide bonds. The van der Waals surface area contributed by atoms with Gasteiger partial charge in [-0.2, -0.15) is 0 Å². The van der Waals surface area contributed by atoms with Crippen LogP contribution in [0.3, 0.4) is 0 Å². The molecule has 1 aliphatic heterocycles. The van der Waals surface area contributed by atoms with Crippen molar-refractivity contribution in [2.24, 2.45) is 5.92 Å². The smallest absolute Gasteiger partial charge is 0.226 e. The maximum atomic E-state index is 14.0. The quantitative estimate of drug-likeness (QED) is 0.552. The third-order valence-electron chi connectivity index (χ3n) is 9.78. The first-order valence-corrected chi connectivity index (χ1v) is 13.4. The van der Waals surface area contributed by atoms with Gasteiger partial charge in [0.05, 0.1) is 5.54 Å². The molecule has 0 bridgehead atoms. The summed E-state index contributed by atoms with van der Waals surface area (Å²) in [5.41, 5.74) is 7.41. The Hall–Kier alpha value is -2.39. The van der Waals surface area contributed by atoms with Gasteiger partial charge in [-0.3, -0.25) is 9.69 Å². The minimum absolute atomic E-state index is 0.0399. The van der Waals surface area contributed by atoms with Crippen molar-refractivity contribution in [2.45, 2.75) is 75.3 Å². The van der Waals surface area contributed by atoms with Crippen LogP contribution in [0.1, 0.15) is 74.5 Å². The van der Waals surface area contributed by atoms with Gasteiger partial charge in [-0.05, 0) is 93.3 Å². The highest BCUT2D eigenvalue weighted by Crippen LogP contribution is 2.55. The average molecular weight is 455 g/mol. The number of carbonyl (C=O) groups is 1. The predicted octanol–water partition coefficient (Wildman–Crippen LogP) is 6.19. The second kappa shape index (κ2) is 8.37. The number of benzene rings is 2. The Kier molecular flexibility index (Phi) is 5.44. The number of amides is 1. The molecule has 1 heterocycles. The van der Waals surface area contributed by atoms with Crippen LogP contribution in [0.15, 0.2) is 60.2 Å². The van der Waals surface area contributed by atoms with Gasteiger partial charge in [0.15, 0.2) is 0 Å². The first-order chi connectivity index (χ1) is 16.6. The fourth-order valence-corrected chi connectivity index (χ4v) is 7.87. The van der Waals surface area contributed by atoms with E-state index in [4.69, 9.17) is 0 Å². The van der Waals surface area contributed by atoms with Gasteiger partial charge in [0, 0.05) is 18.0 Å². The number of carbonyl (C=O) groups excluding carboxylic acids is 1. The Labute approximate surface area is 204 Å². The zero-order chi connectivity index (χ0) is 23.3. The molecule has 2 aromatic carbocycles. The normalized spacial score (nSPS) is 29.1. The number of hydrogen-bond donors (Lipinski definition) is 0. The molecule has 0 saturated heterocycles. The predicted molar refractivity (Wildman–Crippen MR) is 138 cm³/mol. The number of hydrogen-bond acceptors (Lipinski definition) is 2. The van der Waals surface area contributed by atoms with Crippen LogP contribution >= 0.6 is 0 Å². The zero-order valence-corrected chi connectivity index (χ0v) is 20.9. The highest BCUT2D eigenvalue weighted by molar-refractivity contribution is 5.85. The summed E-state index contributed by atoms with van der Waals surface area (Å²) in [6, 6.07) is 20.1. The van der Waals surface area contributed by atoms with Crippen LogP contribution in [-0.2, 0) is 16.8 Å². The van der Waals surface area contributed by atoms with Gasteiger partial charge >= 0.3 is 0 Å². The summed E-state index contributed by atoms with van der Waals surface area (Å²) in [5, 5.41) is 0. The van der Waals surface area contributed by atoms with Crippen LogP contribution in [0.4, 0.5) is 0 Å². The molecule has 34 heavy (non-hydrogen) atoms. The molecule has 3 heteroatoms. The van der Waals surface area contributed by atoms with E-state index >= 15 is 0 Å². The zero-order valence-electron chi connectivity index (χ0n) is 20.9. The Morgan fingerprint density at radius 3 is 2.29 bits per heavy atom. The lowest BCUT2D eigenvalue weighted by Crippen LogP contribution is -2.61. The molecule has 2 fully saturated rings. The minimum Gasteiger partial charge on any atom is -0.333 e. The Balaban J connectivity index is 1.40. The molecule has 2 saturated carbocycles. The lowest BCUT2D eigenvalue weighted by Gasteiger charge is -2.56. The van der Waals surface area contributed by atoms with Gasteiger partial charge < -0.3 is 4.90 Å². The fourth-order valence-electron chi connectivity index (χ4n) is 7.87. The highest BCUT2D eigenvalue weighted by Gasteiger charge is 2.54. The van der Waals surface area contributed by atoms with Crippen molar-refractivity contribution in [3.63, 3.8) is 0 Å². The van der Waals surface area contributed by atoms with E-state index in [9.17, 15) is 4.79 Å². The minimum atomic E-state index is -0.111.